The number of amides is 2. The Hall–Kier alpha value is -3.27. The second kappa shape index (κ2) is 15.1. The van der Waals surface area contributed by atoms with E-state index in [1.807, 2.05) is 13.8 Å². The summed E-state index contributed by atoms with van der Waals surface area (Å²) in [5, 5.41) is 3.67. The number of halogens is 2. The first-order valence-corrected chi connectivity index (χ1v) is 15.6. The molecule has 0 aromatic heterocycles. The molecule has 11 heteroatoms. The van der Waals surface area contributed by atoms with Crippen LogP contribution in [0, 0.1) is 0 Å². The van der Waals surface area contributed by atoms with Crippen LogP contribution >= 0.6 is 23.2 Å². The molecule has 220 valence electrons. The summed E-state index contributed by atoms with van der Waals surface area (Å²) in [6.07, 6.45) is 1.69. The van der Waals surface area contributed by atoms with Crippen LogP contribution in [-0.4, -0.2) is 50.9 Å². The summed E-state index contributed by atoms with van der Waals surface area (Å²) < 4.78 is 34.3. The SMILES string of the molecule is CCCCNC(=O)[C@@H](C)N(Cc1ccccc1Cl)C(=O)CN(c1ccc(OCC)cc1)S(=O)(=O)c1ccc(Cl)cc1. The molecule has 0 fully saturated rings. The predicted octanol–water partition coefficient (Wildman–Crippen LogP) is 5.92. The quantitative estimate of drug-likeness (QED) is 0.226. The molecule has 0 aliphatic rings. The van der Waals surface area contributed by atoms with Crippen molar-refractivity contribution in [2.45, 2.75) is 51.1 Å². The number of anilines is 1. The minimum absolute atomic E-state index is 0.0129. The summed E-state index contributed by atoms with van der Waals surface area (Å²) in [6.45, 7) is 5.84. The molecule has 0 bridgehead atoms. The highest BCUT2D eigenvalue weighted by molar-refractivity contribution is 7.92. The number of carbonyl (C=O) groups excluding carboxylic acids is 2. The zero-order chi connectivity index (χ0) is 30.0. The van der Waals surface area contributed by atoms with Crippen LogP contribution in [0.2, 0.25) is 10.0 Å². The van der Waals surface area contributed by atoms with Gasteiger partial charge in [0.05, 0.1) is 17.2 Å². The lowest BCUT2D eigenvalue weighted by Crippen LogP contribution is -2.51. The van der Waals surface area contributed by atoms with E-state index in [0.29, 0.717) is 34.5 Å². The average molecular weight is 621 g/mol. The van der Waals surface area contributed by atoms with Crippen molar-refractivity contribution >= 4 is 50.7 Å². The Bertz CT molecular complexity index is 1420. The monoisotopic (exact) mass is 619 g/mol. The van der Waals surface area contributed by atoms with E-state index in [0.717, 1.165) is 17.1 Å². The minimum atomic E-state index is -4.21. The number of nitrogens with zero attached hydrogens (tertiary/aromatic N) is 2. The summed E-state index contributed by atoms with van der Waals surface area (Å²) in [7, 11) is -4.21. The summed E-state index contributed by atoms with van der Waals surface area (Å²) in [6, 6.07) is 18.3. The number of hydrogen-bond acceptors (Lipinski definition) is 5. The van der Waals surface area contributed by atoms with Gasteiger partial charge in [-0.3, -0.25) is 13.9 Å². The van der Waals surface area contributed by atoms with E-state index in [-0.39, 0.29) is 23.0 Å². The predicted molar refractivity (Wildman–Crippen MR) is 163 cm³/mol. The first-order valence-electron chi connectivity index (χ1n) is 13.4. The smallest absolute Gasteiger partial charge is 0.264 e. The van der Waals surface area contributed by atoms with Crippen molar-refractivity contribution in [3.63, 3.8) is 0 Å². The molecule has 0 unspecified atom stereocenters. The highest BCUT2D eigenvalue weighted by Gasteiger charge is 2.32. The second-order valence-corrected chi connectivity index (χ2v) is 12.0. The Morgan fingerprint density at radius 2 is 1.61 bits per heavy atom. The molecule has 0 radical (unpaired) electrons. The number of nitrogens with one attached hydrogen (secondary N) is 1. The molecule has 0 aliphatic carbocycles. The number of carbonyl (C=O) groups is 2. The Balaban J connectivity index is 2.01. The topological polar surface area (TPSA) is 96.0 Å². The third kappa shape index (κ3) is 8.61. The summed E-state index contributed by atoms with van der Waals surface area (Å²) in [4.78, 5) is 28.3. The second-order valence-electron chi connectivity index (χ2n) is 9.33. The largest absolute Gasteiger partial charge is 0.494 e. The van der Waals surface area contributed by atoms with Crippen LogP contribution < -0.4 is 14.4 Å². The maximum atomic E-state index is 14.0. The Morgan fingerprint density at radius 3 is 2.22 bits per heavy atom. The van der Waals surface area contributed by atoms with E-state index in [1.165, 1.54) is 29.2 Å². The molecule has 1 N–H and O–H groups in total. The fourth-order valence-corrected chi connectivity index (χ4v) is 5.80. The van der Waals surface area contributed by atoms with Crippen molar-refractivity contribution in [2.24, 2.45) is 0 Å². The number of hydrogen-bond donors (Lipinski definition) is 1. The van der Waals surface area contributed by atoms with Gasteiger partial charge < -0.3 is 15.0 Å². The molecule has 3 aromatic rings. The standard InChI is InChI=1S/C30H35Cl2N3O5S/c1-4-6-19-33-30(37)22(3)34(20-23-9-7-8-10-28(23)32)29(36)21-35(25-13-15-26(16-14-25)40-5-2)41(38,39)27-17-11-24(31)12-18-27/h7-18,22H,4-6,19-21H2,1-3H3,(H,33,37)/t22-/m1/s1. The molecule has 8 nitrogen and oxygen atoms in total. The van der Waals surface area contributed by atoms with Gasteiger partial charge in [-0.25, -0.2) is 8.42 Å². The molecule has 41 heavy (non-hydrogen) atoms. The molecule has 0 spiro atoms. The average Bonchev–Trinajstić information content (AvgIpc) is 2.96. The molecule has 3 aromatic carbocycles. The maximum absolute atomic E-state index is 14.0. The van der Waals surface area contributed by atoms with Gasteiger partial charge in [0, 0.05) is 23.1 Å². The highest BCUT2D eigenvalue weighted by Crippen LogP contribution is 2.28. The van der Waals surface area contributed by atoms with Gasteiger partial charge >= 0.3 is 0 Å². The molecule has 0 aliphatic heterocycles. The van der Waals surface area contributed by atoms with Crippen LogP contribution in [-0.2, 0) is 26.2 Å². The zero-order valence-electron chi connectivity index (χ0n) is 23.3. The molecule has 0 saturated heterocycles. The van der Waals surface area contributed by atoms with Gasteiger partial charge in [0.15, 0.2) is 0 Å². The van der Waals surface area contributed by atoms with Crippen LogP contribution in [0.25, 0.3) is 0 Å². The third-order valence-corrected chi connectivity index (χ3v) is 8.82. The number of ether oxygens (including phenoxy) is 1. The van der Waals surface area contributed by atoms with E-state index in [2.05, 4.69) is 5.32 Å². The summed E-state index contributed by atoms with van der Waals surface area (Å²) in [5.74, 6) is -0.356. The van der Waals surface area contributed by atoms with Crippen molar-refractivity contribution in [1.29, 1.82) is 0 Å². The van der Waals surface area contributed by atoms with E-state index in [9.17, 15) is 18.0 Å². The first kappa shape index (κ1) is 32.2. The van der Waals surface area contributed by atoms with Crippen LogP contribution in [0.4, 0.5) is 5.69 Å². The zero-order valence-corrected chi connectivity index (χ0v) is 25.7. The van der Waals surface area contributed by atoms with E-state index in [4.69, 9.17) is 27.9 Å². The normalized spacial score (nSPS) is 11.9. The Morgan fingerprint density at radius 1 is 0.951 bits per heavy atom. The lowest BCUT2D eigenvalue weighted by atomic mass is 10.1. The third-order valence-electron chi connectivity index (χ3n) is 6.41. The minimum Gasteiger partial charge on any atom is -0.494 e. The molecular weight excluding hydrogens is 585 g/mol. The van der Waals surface area contributed by atoms with Crippen molar-refractivity contribution in [3.05, 3.63) is 88.4 Å². The summed E-state index contributed by atoms with van der Waals surface area (Å²) in [5.41, 5.74) is 0.887. The number of sulfonamides is 1. The van der Waals surface area contributed by atoms with Gasteiger partial charge in [0.2, 0.25) is 11.8 Å². The van der Waals surface area contributed by atoms with Crippen molar-refractivity contribution < 1.29 is 22.7 Å². The fourth-order valence-electron chi connectivity index (χ4n) is 4.07. The summed E-state index contributed by atoms with van der Waals surface area (Å²) >= 11 is 12.4. The number of unbranched alkanes of at least 4 members (excludes halogenated alkanes) is 1. The molecule has 0 saturated carbocycles. The van der Waals surface area contributed by atoms with E-state index in [1.54, 1.807) is 55.5 Å². The first-order chi connectivity index (χ1) is 19.6. The van der Waals surface area contributed by atoms with Crippen LogP contribution in [0.5, 0.6) is 5.75 Å². The van der Waals surface area contributed by atoms with E-state index >= 15 is 0 Å². The van der Waals surface area contributed by atoms with Gasteiger partial charge in [-0.1, -0.05) is 54.7 Å². The fraction of sp³-hybridized carbons (Fsp3) is 0.333. The lowest BCUT2D eigenvalue weighted by Gasteiger charge is -2.32. The Labute approximate surface area is 252 Å². The van der Waals surface area contributed by atoms with Gasteiger partial charge in [-0.2, -0.15) is 0 Å². The van der Waals surface area contributed by atoms with Gasteiger partial charge in [-0.15, -0.1) is 0 Å². The molecule has 3 rings (SSSR count). The maximum Gasteiger partial charge on any atom is 0.264 e. The van der Waals surface area contributed by atoms with E-state index < -0.39 is 28.5 Å². The van der Waals surface area contributed by atoms with Crippen LogP contribution in [0.15, 0.2) is 77.7 Å². The van der Waals surface area contributed by atoms with Crippen molar-refractivity contribution in [2.75, 3.05) is 24.0 Å². The molecular formula is C30H35Cl2N3O5S. The number of benzene rings is 3. The van der Waals surface area contributed by atoms with Crippen molar-refractivity contribution in [1.82, 2.24) is 10.2 Å². The van der Waals surface area contributed by atoms with Crippen molar-refractivity contribution in [3.8, 4) is 5.75 Å². The molecule has 0 heterocycles. The lowest BCUT2D eigenvalue weighted by molar-refractivity contribution is -0.139. The molecule has 2 amide bonds. The van der Waals surface area contributed by atoms with Gasteiger partial charge in [0.1, 0.15) is 18.3 Å². The number of rotatable bonds is 14. The Kier molecular flexibility index (Phi) is 11.9. The molecule has 1 atom stereocenters. The van der Waals surface area contributed by atoms with Gasteiger partial charge in [0.25, 0.3) is 10.0 Å². The van der Waals surface area contributed by atoms with Gasteiger partial charge in [-0.05, 0) is 80.4 Å². The van der Waals surface area contributed by atoms with Crippen LogP contribution in [0.3, 0.4) is 0 Å². The highest BCUT2D eigenvalue weighted by atomic mass is 35.5. The van der Waals surface area contributed by atoms with Crippen LogP contribution in [0.1, 0.15) is 39.2 Å².